The minimum absolute atomic E-state index is 0.126. The predicted molar refractivity (Wildman–Crippen MR) is 65.7 cm³/mol. The number of aliphatic carboxylic acids is 1. The molecule has 1 heterocycles. The monoisotopic (exact) mass is 248 g/mol. The van der Waals surface area contributed by atoms with E-state index in [2.05, 4.69) is 11.0 Å². The summed E-state index contributed by atoms with van der Waals surface area (Å²) >= 11 is 0. The molecule has 0 aromatic carbocycles. The number of hydrogen-bond acceptors (Lipinski definition) is 3. The maximum absolute atomic E-state index is 11.5. The van der Waals surface area contributed by atoms with Gasteiger partial charge in [0.2, 0.25) is 0 Å². The van der Waals surface area contributed by atoms with Gasteiger partial charge < -0.3 is 5.11 Å². The first-order chi connectivity index (χ1) is 8.65. The quantitative estimate of drug-likeness (QED) is 0.824. The highest BCUT2D eigenvalue weighted by Gasteiger charge is 2.52. The summed E-state index contributed by atoms with van der Waals surface area (Å²) in [5.74, 6) is 0.293. The molecule has 2 aliphatic carbocycles. The first-order valence-corrected chi connectivity index (χ1v) is 6.99. The molecule has 98 valence electrons. The van der Waals surface area contributed by atoms with Gasteiger partial charge in [0.25, 0.3) is 0 Å². The molecule has 0 amide bonds. The van der Waals surface area contributed by atoms with Crippen LogP contribution in [0.4, 0.5) is 0 Å². The van der Waals surface area contributed by atoms with E-state index in [9.17, 15) is 9.90 Å². The Morgan fingerprint density at radius 2 is 2.22 bits per heavy atom. The Balaban J connectivity index is 1.72. The van der Waals surface area contributed by atoms with Gasteiger partial charge in [-0.1, -0.05) is 6.42 Å². The summed E-state index contributed by atoms with van der Waals surface area (Å²) in [4.78, 5) is 13.7. The molecule has 0 aromatic rings. The van der Waals surface area contributed by atoms with Crippen LogP contribution in [0, 0.1) is 28.6 Å². The molecule has 18 heavy (non-hydrogen) atoms. The molecule has 1 aliphatic heterocycles. The van der Waals surface area contributed by atoms with E-state index in [4.69, 9.17) is 5.26 Å². The lowest BCUT2D eigenvalue weighted by Gasteiger charge is -2.27. The fourth-order valence-corrected chi connectivity index (χ4v) is 4.06. The normalized spacial score (nSPS) is 37.2. The van der Waals surface area contributed by atoms with Gasteiger partial charge in [0.15, 0.2) is 0 Å². The highest BCUT2D eigenvalue weighted by atomic mass is 16.4. The van der Waals surface area contributed by atoms with Gasteiger partial charge in [-0.15, -0.1) is 0 Å². The summed E-state index contributed by atoms with van der Waals surface area (Å²) in [5, 5.41) is 18.3. The van der Waals surface area contributed by atoms with Crippen LogP contribution in [0.15, 0.2) is 0 Å². The van der Waals surface area contributed by atoms with Crippen molar-refractivity contribution in [2.45, 2.75) is 44.6 Å². The van der Waals surface area contributed by atoms with E-state index in [1.807, 2.05) is 0 Å². The van der Waals surface area contributed by atoms with E-state index >= 15 is 0 Å². The standard InChI is InChI=1S/C14H20N2O2/c15-7-6-14(4-5-14)9-16-8-10-2-1-3-11(10)12(16)13(17)18/h10-12H,1-6,8-9H2,(H,17,18). The van der Waals surface area contributed by atoms with Crippen LogP contribution >= 0.6 is 0 Å². The average Bonchev–Trinajstić information content (AvgIpc) is 2.76. The molecule has 1 N–H and O–H groups in total. The van der Waals surface area contributed by atoms with Gasteiger partial charge in [0.05, 0.1) is 6.07 Å². The summed E-state index contributed by atoms with van der Waals surface area (Å²) < 4.78 is 0. The molecule has 3 rings (SSSR count). The maximum Gasteiger partial charge on any atom is 0.321 e. The number of rotatable bonds is 4. The van der Waals surface area contributed by atoms with Crippen molar-refractivity contribution in [3.05, 3.63) is 0 Å². The Morgan fingerprint density at radius 3 is 2.83 bits per heavy atom. The molecule has 0 radical (unpaired) electrons. The molecule has 0 bridgehead atoms. The Morgan fingerprint density at radius 1 is 1.44 bits per heavy atom. The summed E-state index contributed by atoms with van der Waals surface area (Å²) in [7, 11) is 0. The van der Waals surface area contributed by atoms with E-state index in [1.54, 1.807) is 0 Å². The Bertz CT molecular complexity index is 397. The number of likely N-dealkylation sites (tertiary alicyclic amines) is 1. The number of carboxylic acids is 1. The van der Waals surface area contributed by atoms with Crippen LogP contribution in [-0.2, 0) is 4.79 Å². The zero-order chi connectivity index (χ0) is 12.8. The Labute approximate surface area is 108 Å². The third-order valence-electron chi connectivity index (χ3n) is 5.19. The topological polar surface area (TPSA) is 64.3 Å². The van der Waals surface area contributed by atoms with Gasteiger partial charge in [-0.05, 0) is 42.9 Å². The third-order valence-corrected chi connectivity index (χ3v) is 5.19. The smallest absolute Gasteiger partial charge is 0.321 e. The third kappa shape index (κ3) is 1.91. The van der Waals surface area contributed by atoms with Crippen molar-refractivity contribution in [3.8, 4) is 6.07 Å². The number of fused-ring (bicyclic) bond motifs is 1. The van der Waals surface area contributed by atoms with Crippen molar-refractivity contribution in [3.63, 3.8) is 0 Å². The van der Waals surface area contributed by atoms with E-state index in [1.165, 1.54) is 12.8 Å². The number of nitriles is 1. The molecule has 1 saturated heterocycles. The fraction of sp³-hybridized carbons (Fsp3) is 0.857. The van der Waals surface area contributed by atoms with Crippen molar-refractivity contribution < 1.29 is 9.90 Å². The van der Waals surface area contributed by atoms with Crippen LogP contribution in [0.2, 0.25) is 0 Å². The molecule has 3 atom stereocenters. The van der Waals surface area contributed by atoms with Gasteiger partial charge >= 0.3 is 5.97 Å². The van der Waals surface area contributed by atoms with Crippen molar-refractivity contribution in [2.75, 3.05) is 13.1 Å². The SMILES string of the molecule is N#CCC1(CN2CC3CCCC3C2C(=O)O)CC1. The Hall–Kier alpha value is -1.08. The molecule has 4 nitrogen and oxygen atoms in total. The van der Waals surface area contributed by atoms with E-state index in [0.29, 0.717) is 18.3 Å². The second-order valence-corrected chi connectivity index (χ2v) is 6.40. The van der Waals surface area contributed by atoms with Gasteiger partial charge in [-0.3, -0.25) is 9.69 Å². The molecule has 2 saturated carbocycles. The number of nitrogens with zero attached hydrogens (tertiary/aromatic N) is 2. The van der Waals surface area contributed by atoms with E-state index in [-0.39, 0.29) is 11.5 Å². The zero-order valence-electron chi connectivity index (χ0n) is 10.6. The minimum Gasteiger partial charge on any atom is -0.480 e. The maximum atomic E-state index is 11.5. The fourth-order valence-electron chi connectivity index (χ4n) is 4.06. The van der Waals surface area contributed by atoms with E-state index in [0.717, 1.165) is 32.4 Å². The molecule has 3 unspecified atom stereocenters. The molecule has 3 aliphatic rings. The second kappa shape index (κ2) is 4.24. The van der Waals surface area contributed by atoms with Crippen LogP contribution in [-0.4, -0.2) is 35.1 Å². The molecule has 0 spiro atoms. The number of hydrogen-bond donors (Lipinski definition) is 1. The van der Waals surface area contributed by atoms with Crippen LogP contribution in [0.1, 0.15) is 38.5 Å². The molecule has 0 aromatic heterocycles. The van der Waals surface area contributed by atoms with Crippen molar-refractivity contribution >= 4 is 5.97 Å². The lowest BCUT2D eigenvalue weighted by atomic mass is 9.94. The van der Waals surface area contributed by atoms with Gasteiger partial charge in [0, 0.05) is 19.5 Å². The van der Waals surface area contributed by atoms with Gasteiger partial charge in [0.1, 0.15) is 6.04 Å². The predicted octanol–water partition coefficient (Wildman–Crippen LogP) is 1.87. The van der Waals surface area contributed by atoms with Crippen molar-refractivity contribution in [1.82, 2.24) is 4.90 Å². The summed E-state index contributed by atoms with van der Waals surface area (Å²) in [6, 6.07) is 1.98. The lowest BCUT2D eigenvalue weighted by Crippen LogP contribution is -2.42. The molecular formula is C14H20N2O2. The summed E-state index contributed by atoms with van der Waals surface area (Å²) in [5.41, 5.74) is 0.126. The second-order valence-electron chi connectivity index (χ2n) is 6.40. The first-order valence-electron chi connectivity index (χ1n) is 6.99. The van der Waals surface area contributed by atoms with Crippen molar-refractivity contribution in [1.29, 1.82) is 5.26 Å². The molecule has 4 heteroatoms. The number of carbonyl (C=O) groups is 1. The lowest BCUT2D eigenvalue weighted by molar-refractivity contribution is -0.143. The molecule has 3 fully saturated rings. The Kier molecular flexibility index (Phi) is 2.82. The summed E-state index contributed by atoms with van der Waals surface area (Å²) in [6.07, 6.45) is 6.23. The van der Waals surface area contributed by atoms with Gasteiger partial charge in [-0.2, -0.15) is 5.26 Å². The van der Waals surface area contributed by atoms with Crippen LogP contribution in [0.5, 0.6) is 0 Å². The van der Waals surface area contributed by atoms with Crippen LogP contribution in [0.3, 0.4) is 0 Å². The molecular weight excluding hydrogens is 228 g/mol. The first kappa shape index (κ1) is 12.0. The number of carboxylic acid groups (broad SMARTS) is 1. The van der Waals surface area contributed by atoms with Crippen LogP contribution < -0.4 is 0 Å². The average molecular weight is 248 g/mol. The van der Waals surface area contributed by atoms with Crippen molar-refractivity contribution in [2.24, 2.45) is 17.3 Å². The van der Waals surface area contributed by atoms with E-state index < -0.39 is 5.97 Å². The zero-order valence-corrected chi connectivity index (χ0v) is 10.6. The minimum atomic E-state index is -0.655. The summed E-state index contributed by atoms with van der Waals surface area (Å²) in [6.45, 7) is 1.76. The van der Waals surface area contributed by atoms with Gasteiger partial charge in [-0.25, -0.2) is 0 Å². The highest BCUT2D eigenvalue weighted by Crippen LogP contribution is 2.51. The highest BCUT2D eigenvalue weighted by molar-refractivity contribution is 5.74. The van der Waals surface area contributed by atoms with Crippen LogP contribution in [0.25, 0.3) is 0 Å². The largest absolute Gasteiger partial charge is 0.480 e.